The number of nitroso groups, excluding NO2 is 1. The Balaban J connectivity index is 2.02. The van der Waals surface area contributed by atoms with Crippen LogP contribution in [0.4, 0.5) is 11.4 Å². The van der Waals surface area contributed by atoms with Gasteiger partial charge in [0.25, 0.3) is 0 Å². The molecule has 0 bridgehead atoms. The molecule has 0 atom stereocenters. The Bertz CT molecular complexity index is 1110. The lowest BCUT2D eigenvalue weighted by Crippen LogP contribution is -1.93. The van der Waals surface area contributed by atoms with Gasteiger partial charge in [-0.1, -0.05) is 72.8 Å². The van der Waals surface area contributed by atoms with E-state index < -0.39 is 0 Å². The molecule has 26 heavy (non-hydrogen) atoms. The maximum Gasteiger partial charge on any atom is 0.115 e. The minimum absolute atomic E-state index is 0.419. The van der Waals surface area contributed by atoms with E-state index in [9.17, 15) is 10.1 Å². The van der Waals surface area contributed by atoms with E-state index in [1.54, 1.807) is 12.1 Å². The second-order valence-electron chi connectivity index (χ2n) is 5.97. The molecule has 0 aliphatic heterocycles. The number of hydrogen-bond donors (Lipinski definition) is 2. The first kappa shape index (κ1) is 16.0. The number of para-hydroxylation sites is 1. The molecule has 0 saturated heterocycles. The standard InChI is InChI=1S/C22H16N2O2/c25-23-21-11-5-3-9-19(21)17-13-14-18(16-8-2-1-7-15(16)17)20-10-4-6-12-22(20)24-26/h1-14,23,25H. The third kappa shape index (κ3) is 2.62. The zero-order valence-corrected chi connectivity index (χ0v) is 13.9. The molecule has 0 saturated carbocycles. The van der Waals surface area contributed by atoms with Crippen molar-refractivity contribution in [3.05, 3.63) is 89.8 Å². The van der Waals surface area contributed by atoms with Crippen molar-refractivity contribution in [2.24, 2.45) is 5.18 Å². The zero-order chi connectivity index (χ0) is 17.9. The van der Waals surface area contributed by atoms with E-state index >= 15 is 0 Å². The minimum Gasteiger partial charge on any atom is -0.291 e. The smallest absolute Gasteiger partial charge is 0.115 e. The highest BCUT2D eigenvalue weighted by Crippen LogP contribution is 2.40. The summed E-state index contributed by atoms with van der Waals surface area (Å²) in [4.78, 5) is 11.2. The molecule has 4 rings (SSSR count). The van der Waals surface area contributed by atoms with Crippen molar-refractivity contribution in [1.82, 2.24) is 0 Å². The Morgan fingerprint density at radius 1 is 0.615 bits per heavy atom. The molecule has 2 N–H and O–H groups in total. The molecule has 0 amide bonds. The van der Waals surface area contributed by atoms with Gasteiger partial charge in [0, 0.05) is 11.1 Å². The van der Waals surface area contributed by atoms with Crippen LogP contribution in [0, 0.1) is 4.91 Å². The molecular weight excluding hydrogens is 324 g/mol. The van der Waals surface area contributed by atoms with Gasteiger partial charge < -0.3 is 0 Å². The SMILES string of the molecule is O=Nc1ccccc1-c1ccc(-c2ccccc2NO)c2ccccc12. The highest BCUT2D eigenvalue weighted by molar-refractivity contribution is 6.07. The van der Waals surface area contributed by atoms with Gasteiger partial charge in [0.15, 0.2) is 0 Å². The van der Waals surface area contributed by atoms with Crippen molar-refractivity contribution in [3.8, 4) is 22.3 Å². The van der Waals surface area contributed by atoms with E-state index in [0.29, 0.717) is 11.4 Å². The zero-order valence-electron chi connectivity index (χ0n) is 13.9. The fourth-order valence-corrected chi connectivity index (χ4v) is 3.37. The quantitative estimate of drug-likeness (QED) is 0.335. The third-order valence-corrected chi connectivity index (χ3v) is 4.55. The van der Waals surface area contributed by atoms with E-state index in [1.807, 2.05) is 72.8 Å². The van der Waals surface area contributed by atoms with Crippen molar-refractivity contribution in [2.45, 2.75) is 0 Å². The van der Waals surface area contributed by atoms with E-state index in [4.69, 9.17) is 0 Å². The van der Waals surface area contributed by atoms with Gasteiger partial charge in [0.05, 0.1) is 5.69 Å². The van der Waals surface area contributed by atoms with Crippen molar-refractivity contribution in [1.29, 1.82) is 0 Å². The monoisotopic (exact) mass is 340 g/mol. The van der Waals surface area contributed by atoms with Crippen LogP contribution in [0.15, 0.2) is 90.1 Å². The Hall–Kier alpha value is -3.50. The molecule has 0 aromatic heterocycles. The topological polar surface area (TPSA) is 61.7 Å². The molecule has 4 nitrogen and oxygen atoms in total. The van der Waals surface area contributed by atoms with Crippen LogP contribution in [-0.4, -0.2) is 5.21 Å². The van der Waals surface area contributed by atoms with E-state index in [2.05, 4.69) is 10.7 Å². The second kappa shape index (κ2) is 6.78. The molecule has 0 aliphatic carbocycles. The summed E-state index contributed by atoms with van der Waals surface area (Å²) in [5.74, 6) is 0. The van der Waals surface area contributed by atoms with E-state index in [0.717, 1.165) is 33.0 Å². The lowest BCUT2D eigenvalue weighted by Gasteiger charge is -2.14. The van der Waals surface area contributed by atoms with Crippen molar-refractivity contribution < 1.29 is 5.21 Å². The summed E-state index contributed by atoms with van der Waals surface area (Å²) in [6.07, 6.45) is 0. The Kier molecular flexibility index (Phi) is 4.17. The minimum atomic E-state index is 0.419. The highest BCUT2D eigenvalue weighted by atomic mass is 16.5. The Morgan fingerprint density at radius 3 is 1.81 bits per heavy atom. The van der Waals surface area contributed by atoms with Crippen LogP contribution >= 0.6 is 0 Å². The van der Waals surface area contributed by atoms with E-state index in [1.165, 1.54) is 0 Å². The number of nitrogens with zero attached hydrogens (tertiary/aromatic N) is 1. The molecule has 0 radical (unpaired) electrons. The van der Waals surface area contributed by atoms with Gasteiger partial charge in [-0.2, -0.15) is 0 Å². The van der Waals surface area contributed by atoms with Gasteiger partial charge in [0.2, 0.25) is 0 Å². The number of hydrogen-bond acceptors (Lipinski definition) is 4. The fraction of sp³-hybridized carbons (Fsp3) is 0. The molecule has 126 valence electrons. The van der Waals surface area contributed by atoms with Gasteiger partial charge in [-0.25, -0.2) is 0 Å². The van der Waals surface area contributed by atoms with Crippen molar-refractivity contribution in [3.63, 3.8) is 0 Å². The molecule has 0 unspecified atom stereocenters. The largest absolute Gasteiger partial charge is 0.291 e. The molecular formula is C22H16N2O2. The molecule has 0 heterocycles. The summed E-state index contributed by atoms with van der Waals surface area (Å²) in [5.41, 5.74) is 6.98. The maximum atomic E-state index is 11.2. The molecule has 4 heteroatoms. The number of fused-ring (bicyclic) bond motifs is 1. The summed E-state index contributed by atoms with van der Waals surface area (Å²) in [6, 6.07) is 26.9. The van der Waals surface area contributed by atoms with Crippen LogP contribution in [0.5, 0.6) is 0 Å². The maximum absolute atomic E-state index is 11.2. The molecule has 4 aromatic rings. The Morgan fingerprint density at radius 2 is 1.15 bits per heavy atom. The lowest BCUT2D eigenvalue weighted by molar-refractivity contribution is 0.389. The summed E-state index contributed by atoms with van der Waals surface area (Å²) in [7, 11) is 0. The van der Waals surface area contributed by atoms with Crippen LogP contribution in [0.3, 0.4) is 0 Å². The summed E-state index contributed by atoms with van der Waals surface area (Å²) < 4.78 is 0. The van der Waals surface area contributed by atoms with Gasteiger partial charge in [0.1, 0.15) is 5.69 Å². The number of nitrogens with one attached hydrogen (secondary N) is 1. The van der Waals surface area contributed by atoms with Crippen LogP contribution in [-0.2, 0) is 0 Å². The van der Waals surface area contributed by atoms with Crippen LogP contribution in [0.25, 0.3) is 33.0 Å². The summed E-state index contributed by atoms with van der Waals surface area (Å²) >= 11 is 0. The number of benzene rings is 4. The number of anilines is 1. The van der Waals surface area contributed by atoms with Gasteiger partial charge in [-0.15, -0.1) is 4.91 Å². The van der Waals surface area contributed by atoms with Gasteiger partial charge in [-0.05, 0) is 39.2 Å². The fourth-order valence-electron chi connectivity index (χ4n) is 3.37. The van der Waals surface area contributed by atoms with Crippen LogP contribution in [0.2, 0.25) is 0 Å². The van der Waals surface area contributed by atoms with Gasteiger partial charge >= 0.3 is 0 Å². The van der Waals surface area contributed by atoms with Crippen LogP contribution < -0.4 is 5.48 Å². The molecule has 0 spiro atoms. The predicted molar refractivity (Wildman–Crippen MR) is 106 cm³/mol. The molecule has 4 aromatic carbocycles. The number of rotatable bonds is 4. The first-order valence-corrected chi connectivity index (χ1v) is 8.27. The normalized spacial score (nSPS) is 10.7. The lowest BCUT2D eigenvalue weighted by atomic mass is 9.91. The second-order valence-corrected chi connectivity index (χ2v) is 5.97. The first-order chi connectivity index (χ1) is 12.8. The average Bonchev–Trinajstić information content (AvgIpc) is 2.73. The van der Waals surface area contributed by atoms with E-state index in [-0.39, 0.29) is 0 Å². The van der Waals surface area contributed by atoms with Crippen molar-refractivity contribution in [2.75, 3.05) is 5.48 Å². The van der Waals surface area contributed by atoms with Crippen molar-refractivity contribution >= 4 is 22.1 Å². The average molecular weight is 340 g/mol. The molecule has 0 aliphatic rings. The summed E-state index contributed by atoms with van der Waals surface area (Å²) in [6.45, 7) is 0. The third-order valence-electron chi connectivity index (χ3n) is 4.55. The molecule has 0 fully saturated rings. The Labute approximate surface area is 150 Å². The first-order valence-electron chi connectivity index (χ1n) is 8.27. The summed E-state index contributed by atoms with van der Waals surface area (Å²) in [5, 5.41) is 14.7. The predicted octanol–water partition coefficient (Wildman–Crippen LogP) is 6.37. The highest BCUT2D eigenvalue weighted by Gasteiger charge is 2.13. The van der Waals surface area contributed by atoms with Crippen LogP contribution in [0.1, 0.15) is 0 Å². The van der Waals surface area contributed by atoms with Gasteiger partial charge in [-0.3, -0.25) is 10.7 Å².